The van der Waals surface area contributed by atoms with E-state index >= 15 is 0 Å². The van der Waals surface area contributed by atoms with Crippen molar-refractivity contribution in [1.82, 2.24) is 5.32 Å². The monoisotopic (exact) mass is 221 g/mol. The predicted octanol–water partition coefficient (Wildman–Crippen LogP) is 1.87. The summed E-state index contributed by atoms with van der Waals surface area (Å²) in [5.74, 6) is 0.966. The Bertz CT molecular complexity index is 390. The lowest BCUT2D eigenvalue weighted by molar-refractivity contribution is 0.170. The van der Waals surface area contributed by atoms with Gasteiger partial charge in [0, 0.05) is 6.54 Å². The second-order valence-electron chi connectivity index (χ2n) is 3.74. The molecule has 16 heavy (non-hydrogen) atoms. The van der Waals surface area contributed by atoms with E-state index in [-0.39, 0.29) is 0 Å². The van der Waals surface area contributed by atoms with Gasteiger partial charge in [-0.1, -0.05) is 12.1 Å². The molecule has 0 aromatic heterocycles. The fourth-order valence-electron chi connectivity index (χ4n) is 1.77. The first-order chi connectivity index (χ1) is 7.79. The van der Waals surface area contributed by atoms with E-state index in [1.165, 1.54) is 12.7 Å². The maximum absolute atomic E-state index is 10.9. The van der Waals surface area contributed by atoms with E-state index in [4.69, 9.17) is 4.74 Å². The van der Waals surface area contributed by atoms with Crippen molar-refractivity contribution >= 4 is 6.09 Å². The van der Waals surface area contributed by atoms with Gasteiger partial charge in [0.1, 0.15) is 5.75 Å². The molecule has 0 saturated heterocycles. The number of benzene rings is 1. The molecular weight excluding hydrogens is 206 g/mol. The average molecular weight is 221 g/mol. The fourth-order valence-corrected chi connectivity index (χ4v) is 1.77. The Morgan fingerprint density at radius 3 is 3.25 bits per heavy atom. The van der Waals surface area contributed by atoms with E-state index in [1.807, 2.05) is 12.1 Å². The van der Waals surface area contributed by atoms with Crippen LogP contribution in [-0.2, 0) is 17.7 Å². The highest BCUT2D eigenvalue weighted by molar-refractivity contribution is 5.66. The SMILES string of the molecule is COC(=O)NCc1ccc2c(c1)CCCO2. The lowest BCUT2D eigenvalue weighted by Crippen LogP contribution is -2.22. The number of nitrogens with one attached hydrogen (secondary N) is 1. The number of carbonyl (C=O) groups is 1. The molecule has 1 aromatic carbocycles. The number of rotatable bonds is 2. The van der Waals surface area contributed by atoms with Crippen molar-refractivity contribution < 1.29 is 14.3 Å². The number of fused-ring (bicyclic) bond motifs is 1. The number of methoxy groups -OCH3 is 1. The second-order valence-corrected chi connectivity index (χ2v) is 3.74. The van der Waals surface area contributed by atoms with Gasteiger partial charge in [-0.15, -0.1) is 0 Å². The van der Waals surface area contributed by atoms with Gasteiger partial charge in [0.15, 0.2) is 0 Å². The molecule has 4 heteroatoms. The van der Waals surface area contributed by atoms with Gasteiger partial charge in [-0.3, -0.25) is 0 Å². The zero-order chi connectivity index (χ0) is 11.4. The molecule has 1 aliphatic rings. The number of alkyl carbamates (subject to hydrolysis) is 1. The van der Waals surface area contributed by atoms with Crippen molar-refractivity contribution in [2.75, 3.05) is 13.7 Å². The summed E-state index contributed by atoms with van der Waals surface area (Å²) in [5.41, 5.74) is 2.28. The topological polar surface area (TPSA) is 47.6 Å². The van der Waals surface area contributed by atoms with Crippen LogP contribution in [0.4, 0.5) is 4.79 Å². The van der Waals surface area contributed by atoms with Crippen molar-refractivity contribution in [3.63, 3.8) is 0 Å². The van der Waals surface area contributed by atoms with E-state index < -0.39 is 6.09 Å². The second kappa shape index (κ2) is 4.88. The van der Waals surface area contributed by atoms with Gasteiger partial charge in [0.05, 0.1) is 13.7 Å². The summed E-state index contributed by atoms with van der Waals surface area (Å²) in [7, 11) is 1.36. The van der Waals surface area contributed by atoms with Crippen LogP contribution in [0.15, 0.2) is 18.2 Å². The molecular formula is C12H15NO3. The van der Waals surface area contributed by atoms with E-state index in [1.54, 1.807) is 0 Å². The minimum Gasteiger partial charge on any atom is -0.493 e. The quantitative estimate of drug-likeness (QED) is 0.829. The largest absolute Gasteiger partial charge is 0.493 e. The van der Waals surface area contributed by atoms with Crippen LogP contribution in [0.2, 0.25) is 0 Å². The molecule has 2 rings (SSSR count). The van der Waals surface area contributed by atoms with Crippen LogP contribution in [0.25, 0.3) is 0 Å². The third-order valence-corrected chi connectivity index (χ3v) is 2.60. The van der Waals surface area contributed by atoms with Crippen LogP contribution in [0, 0.1) is 0 Å². The molecule has 1 amide bonds. The molecule has 1 heterocycles. The standard InChI is InChI=1S/C12H15NO3/c1-15-12(14)13-8-9-4-5-11-10(7-9)3-2-6-16-11/h4-5,7H,2-3,6,8H2,1H3,(H,13,14). The zero-order valence-electron chi connectivity index (χ0n) is 9.29. The van der Waals surface area contributed by atoms with E-state index in [2.05, 4.69) is 16.1 Å². The summed E-state index contributed by atoms with van der Waals surface area (Å²) >= 11 is 0. The molecule has 0 spiro atoms. The summed E-state index contributed by atoms with van der Waals surface area (Å²) in [5, 5.41) is 2.65. The Morgan fingerprint density at radius 2 is 2.44 bits per heavy atom. The Kier molecular flexibility index (Phi) is 3.29. The molecule has 0 atom stereocenters. The molecule has 0 unspecified atom stereocenters. The number of hydrogen-bond acceptors (Lipinski definition) is 3. The molecule has 0 aliphatic carbocycles. The number of carbonyl (C=O) groups excluding carboxylic acids is 1. The summed E-state index contributed by atoms with van der Waals surface area (Å²) in [4.78, 5) is 10.9. The summed E-state index contributed by atoms with van der Waals surface area (Å²) in [6.45, 7) is 1.28. The highest BCUT2D eigenvalue weighted by Crippen LogP contribution is 2.25. The maximum atomic E-state index is 10.9. The van der Waals surface area contributed by atoms with Gasteiger partial charge in [0.25, 0.3) is 0 Å². The highest BCUT2D eigenvalue weighted by atomic mass is 16.5. The minimum atomic E-state index is -0.408. The van der Waals surface area contributed by atoms with Crippen molar-refractivity contribution in [1.29, 1.82) is 0 Å². The first-order valence-corrected chi connectivity index (χ1v) is 5.36. The van der Waals surface area contributed by atoms with Gasteiger partial charge >= 0.3 is 6.09 Å². The molecule has 0 radical (unpaired) electrons. The van der Waals surface area contributed by atoms with Crippen LogP contribution in [-0.4, -0.2) is 19.8 Å². The fraction of sp³-hybridized carbons (Fsp3) is 0.417. The molecule has 1 aliphatic heterocycles. The zero-order valence-corrected chi connectivity index (χ0v) is 9.29. The van der Waals surface area contributed by atoms with Crippen LogP contribution in [0.1, 0.15) is 17.5 Å². The summed E-state index contributed by atoms with van der Waals surface area (Å²) in [6.07, 6.45) is 1.69. The first-order valence-electron chi connectivity index (χ1n) is 5.36. The van der Waals surface area contributed by atoms with Gasteiger partial charge in [-0.2, -0.15) is 0 Å². The number of hydrogen-bond donors (Lipinski definition) is 1. The van der Waals surface area contributed by atoms with Crippen molar-refractivity contribution in [2.24, 2.45) is 0 Å². The number of aryl methyl sites for hydroxylation is 1. The highest BCUT2D eigenvalue weighted by Gasteiger charge is 2.10. The number of ether oxygens (including phenoxy) is 2. The smallest absolute Gasteiger partial charge is 0.407 e. The van der Waals surface area contributed by atoms with Crippen LogP contribution in [0.5, 0.6) is 5.75 Å². The van der Waals surface area contributed by atoms with Crippen LogP contribution < -0.4 is 10.1 Å². The third-order valence-electron chi connectivity index (χ3n) is 2.60. The molecule has 1 aromatic rings. The first kappa shape index (κ1) is 10.8. The van der Waals surface area contributed by atoms with Gasteiger partial charge < -0.3 is 14.8 Å². The Morgan fingerprint density at radius 1 is 1.56 bits per heavy atom. The summed E-state index contributed by atoms with van der Waals surface area (Å²) in [6, 6.07) is 5.99. The Labute approximate surface area is 94.6 Å². The van der Waals surface area contributed by atoms with E-state index in [0.717, 1.165) is 30.8 Å². The van der Waals surface area contributed by atoms with Gasteiger partial charge in [-0.25, -0.2) is 4.79 Å². The van der Waals surface area contributed by atoms with Gasteiger partial charge in [-0.05, 0) is 30.0 Å². The van der Waals surface area contributed by atoms with Crippen molar-refractivity contribution in [2.45, 2.75) is 19.4 Å². The van der Waals surface area contributed by atoms with Crippen LogP contribution in [0.3, 0.4) is 0 Å². The minimum absolute atomic E-state index is 0.408. The molecule has 4 nitrogen and oxygen atoms in total. The molecule has 86 valence electrons. The molecule has 0 bridgehead atoms. The molecule has 0 saturated carbocycles. The normalized spacial score (nSPS) is 13.6. The molecule has 1 N–H and O–H groups in total. The maximum Gasteiger partial charge on any atom is 0.407 e. The van der Waals surface area contributed by atoms with E-state index in [0.29, 0.717) is 6.54 Å². The van der Waals surface area contributed by atoms with Gasteiger partial charge in [0.2, 0.25) is 0 Å². The number of amides is 1. The lowest BCUT2D eigenvalue weighted by Gasteiger charge is -2.17. The summed E-state index contributed by atoms with van der Waals surface area (Å²) < 4.78 is 10.0. The van der Waals surface area contributed by atoms with Crippen LogP contribution >= 0.6 is 0 Å². The average Bonchev–Trinajstić information content (AvgIpc) is 2.35. The Hall–Kier alpha value is -1.71. The van der Waals surface area contributed by atoms with Crippen molar-refractivity contribution in [3.8, 4) is 5.75 Å². The molecule has 0 fully saturated rings. The van der Waals surface area contributed by atoms with Crippen molar-refractivity contribution in [3.05, 3.63) is 29.3 Å². The Balaban J connectivity index is 2.03. The lowest BCUT2D eigenvalue weighted by atomic mass is 10.0. The third kappa shape index (κ3) is 2.45. The predicted molar refractivity (Wildman–Crippen MR) is 59.5 cm³/mol. The van der Waals surface area contributed by atoms with E-state index in [9.17, 15) is 4.79 Å².